The van der Waals surface area contributed by atoms with Crippen molar-refractivity contribution in [1.82, 2.24) is 15.1 Å². The molecule has 6 heteroatoms. The zero-order valence-corrected chi connectivity index (χ0v) is 16.3. The van der Waals surface area contributed by atoms with Gasteiger partial charge in [-0.2, -0.15) is 0 Å². The van der Waals surface area contributed by atoms with Crippen LogP contribution in [0.1, 0.15) is 32.3 Å². The van der Waals surface area contributed by atoms with Gasteiger partial charge in [-0.25, -0.2) is 0 Å². The maximum absolute atomic E-state index is 12.5. The van der Waals surface area contributed by atoms with Crippen LogP contribution in [0.15, 0.2) is 42.5 Å². The Morgan fingerprint density at radius 1 is 1.00 bits per heavy atom. The molecular formula is C21H29N5O. The Labute approximate surface area is 161 Å². The highest BCUT2D eigenvalue weighted by molar-refractivity contribution is 5.79. The number of nitrogens with zero attached hydrogens (tertiary/aromatic N) is 4. The number of piperazine rings is 1. The highest BCUT2D eigenvalue weighted by atomic mass is 16.2. The largest absolute Gasteiger partial charge is 0.365 e. The van der Waals surface area contributed by atoms with Crippen molar-refractivity contribution in [2.75, 3.05) is 36.4 Å². The van der Waals surface area contributed by atoms with Crippen molar-refractivity contribution in [2.24, 2.45) is 5.92 Å². The molecule has 1 fully saturated rings. The molecule has 27 heavy (non-hydrogen) atoms. The predicted molar refractivity (Wildman–Crippen MR) is 109 cm³/mol. The molecule has 0 unspecified atom stereocenters. The molecule has 1 aliphatic heterocycles. The molecule has 2 aromatic rings. The van der Waals surface area contributed by atoms with E-state index >= 15 is 0 Å². The first-order chi connectivity index (χ1) is 13.2. The highest BCUT2D eigenvalue weighted by Crippen LogP contribution is 2.18. The lowest BCUT2D eigenvalue weighted by molar-refractivity contribution is -0.136. The van der Waals surface area contributed by atoms with E-state index in [-0.39, 0.29) is 5.92 Å². The summed E-state index contributed by atoms with van der Waals surface area (Å²) in [6.07, 6.45) is 1.83. The molecule has 2 heterocycles. The van der Waals surface area contributed by atoms with Gasteiger partial charge in [0.1, 0.15) is 5.82 Å². The number of rotatable bonds is 7. The zero-order chi connectivity index (χ0) is 19.1. The van der Waals surface area contributed by atoms with Gasteiger partial charge in [0.15, 0.2) is 5.82 Å². The third-order valence-corrected chi connectivity index (χ3v) is 5.22. The summed E-state index contributed by atoms with van der Waals surface area (Å²) in [5.74, 6) is 2.09. The topological polar surface area (TPSA) is 61.4 Å². The smallest absolute Gasteiger partial charge is 0.225 e. The van der Waals surface area contributed by atoms with E-state index in [1.165, 1.54) is 5.56 Å². The molecule has 3 rings (SSSR count). The van der Waals surface area contributed by atoms with Crippen LogP contribution in [-0.4, -0.2) is 47.2 Å². The third-order valence-electron chi connectivity index (χ3n) is 5.22. The second-order valence-corrected chi connectivity index (χ2v) is 6.94. The molecule has 1 N–H and O–H groups in total. The monoisotopic (exact) mass is 367 g/mol. The fraction of sp³-hybridized carbons (Fsp3) is 0.476. The molecule has 0 aliphatic carbocycles. The first kappa shape index (κ1) is 19.1. The van der Waals surface area contributed by atoms with Crippen LogP contribution in [0.5, 0.6) is 0 Å². The SMILES string of the molecule is CCC(CC)C(=O)N1CCN(c2ccc(NCc3ccccc3)nn2)CC1. The minimum atomic E-state index is 0.159. The van der Waals surface area contributed by atoms with Crippen molar-refractivity contribution in [3.63, 3.8) is 0 Å². The number of aromatic nitrogens is 2. The fourth-order valence-electron chi connectivity index (χ4n) is 3.43. The molecule has 0 radical (unpaired) electrons. The first-order valence-corrected chi connectivity index (χ1v) is 9.86. The van der Waals surface area contributed by atoms with E-state index in [1.54, 1.807) is 0 Å². The molecule has 1 amide bonds. The highest BCUT2D eigenvalue weighted by Gasteiger charge is 2.25. The summed E-state index contributed by atoms with van der Waals surface area (Å²) in [5.41, 5.74) is 1.21. The maximum Gasteiger partial charge on any atom is 0.225 e. The standard InChI is InChI=1S/C21H29N5O/c1-3-18(4-2)21(27)26-14-12-25(13-15-26)20-11-10-19(23-24-20)22-16-17-8-6-5-7-9-17/h5-11,18H,3-4,12-16H2,1-2H3,(H,22,23). The van der Waals surface area contributed by atoms with Gasteiger partial charge in [0.05, 0.1) is 0 Å². The molecule has 144 valence electrons. The van der Waals surface area contributed by atoms with Gasteiger partial charge in [0, 0.05) is 38.6 Å². The second kappa shape index (κ2) is 9.35. The number of benzene rings is 1. The van der Waals surface area contributed by atoms with Crippen molar-refractivity contribution in [3.05, 3.63) is 48.0 Å². The first-order valence-electron chi connectivity index (χ1n) is 9.86. The lowest BCUT2D eigenvalue weighted by Gasteiger charge is -2.36. The molecule has 1 saturated heterocycles. The van der Waals surface area contributed by atoms with Gasteiger partial charge >= 0.3 is 0 Å². The number of anilines is 2. The van der Waals surface area contributed by atoms with Gasteiger partial charge < -0.3 is 15.1 Å². The van der Waals surface area contributed by atoms with Crippen LogP contribution < -0.4 is 10.2 Å². The van der Waals surface area contributed by atoms with Crippen LogP contribution in [-0.2, 0) is 11.3 Å². The van der Waals surface area contributed by atoms with E-state index in [9.17, 15) is 4.79 Å². The molecule has 0 spiro atoms. The Bertz CT molecular complexity index is 707. The molecule has 0 atom stereocenters. The van der Waals surface area contributed by atoms with Gasteiger partial charge in [-0.15, -0.1) is 10.2 Å². The number of nitrogens with one attached hydrogen (secondary N) is 1. The Kier molecular flexibility index (Phi) is 6.63. The van der Waals surface area contributed by atoms with Crippen molar-refractivity contribution in [2.45, 2.75) is 33.2 Å². The minimum Gasteiger partial charge on any atom is -0.365 e. The van der Waals surface area contributed by atoms with Crippen LogP contribution in [0.3, 0.4) is 0 Å². The van der Waals surface area contributed by atoms with E-state index < -0.39 is 0 Å². The van der Waals surface area contributed by atoms with E-state index in [4.69, 9.17) is 0 Å². The Hall–Kier alpha value is -2.63. The van der Waals surface area contributed by atoms with E-state index in [0.29, 0.717) is 5.91 Å². The second-order valence-electron chi connectivity index (χ2n) is 6.94. The summed E-state index contributed by atoms with van der Waals surface area (Å²) in [4.78, 5) is 16.7. The summed E-state index contributed by atoms with van der Waals surface area (Å²) in [7, 11) is 0. The average Bonchev–Trinajstić information content (AvgIpc) is 2.74. The number of amides is 1. The number of hydrogen-bond acceptors (Lipinski definition) is 5. The van der Waals surface area contributed by atoms with Crippen molar-refractivity contribution < 1.29 is 4.79 Å². The van der Waals surface area contributed by atoms with Crippen LogP contribution in [0.25, 0.3) is 0 Å². The Morgan fingerprint density at radius 2 is 1.70 bits per heavy atom. The molecular weight excluding hydrogens is 338 g/mol. The fourth-order valence-corrected chi connectivity index (χ4v) is 3.43. The van der Waals surface area contributed by atoms with Crippen LogP contribution in [0.2, 0.25) is 0 Å². The lowest BCUT2D eigenvalue weighted by Crippen LogP contribution is -2.50. The van der Waals surface area contributed by atoms with Crippen molar-refractivity contribution in [3.8, 4) is 0 Å². The molecule has 0 bridgehead atoms. The predicted octanol–water partition coefficient (Wildman–Crippen LogP) is 3.17. The molecule has 1 aromatic heterocycles. The molecule has 1 aliphatic rings. The van der Waals surface area contributed by atoms with Crippen LogP contribution in [0, 0.1) is 5.92 Å². The van der Waals surface area contributed by atoms with Gasteiger partial charge in [-0.05, 0) is 30.5 Å². The summed E-state index contributed by atoms with van der Waals surface area (Å²) in [6, 6.07) is 14.2. The molecule has 6 nitrogen and oxygen atoms in total. The quantitative estimate of drug-likeness (QED) is 0.814. The minimum absolute atomic E-state index is 0.159. The summed E-state index contributed by atoms with van der Waals surface area (Å²) in [5, 5.41) is 11.9. The normalized spacial score (nSPS) is 14.5. The maximum atomic E-state index is 12.5. The summed E-state index contributed by atoms with van der Waals surface area (Å²) >= 11 is 0. The van der Waals surface area contributed by atoms with Crippen molar-refractivity contribution >= 4 is 17.5 Å². The van der Waals surface area contributed by atoms with E-state index in [1.807, 2.05) is 35.2 Å². The van der Waals surface area contributed by atoms with E-state index in [0.717, 1.165) is 57.2 Å². The summed E-state index contributed by atoms with van der Waals surface area (Å²) < 4.78 is 0. The van der Waals surface area contributed by atoms with Crippen LogP contribution in [0.4, 0.5) is 11.6 Å². The van der Waals surface area contributed by atoms with Gasteiger partial charge in [0.2, 0.25) is 5.91 Å². The number of carbonyl (C=O) groups excluding carboxylic acids is 1. The van der Waals surface area contributed by atoms with E-state index in [2.05, 4.69) is 46.4 Å². The molecule has 1 aromatic carbocycles. The van der Waals surface area contributed by atoms with Crippen LogP contribution >= 0.6 is 0 Å². The van der Waals surface area contributed by atoms with Gasteiger partial charge in [0.25, 0.3) is 0 Å². The number of carbonyl (C=O) groups is 1. The summed E-state index contributed by atoms with van der Waals surface area (Å²) in [6.45, 7) is 8.02. The van der Waals surface area contributed by atoms with Gasteiger partial charge in [-0.1, -0.05) is 44.2 Å². The van der Waals surface area contributed by atoms with Gasteiger partial charge in [-0.3, -0.25) is 4.79 Å². The third kappa shape index (κ3) is 4.96. The Balaban J connectivity index is 1.50. The Morgan fingerprint density at radius 3 is 2.30 bits per heavy atom. The lowest BCUT2D eigenvalue weighted by atomic mass is 10.0. The average molecular weight is 367 g/mol. The zero-order valence-electron chi connectivity index (χ0n) is 16.3. The van der Waals surface area contributed by atoms with Crippen molar-refractivity contribution in [1.29, 1.82) is 0 Å². The number of hydrogen-bond donors (Lipinski definition) is 1. The molecule has 0 saturated carbocycles.